The molecule has 6 heteroatoms. The SMILES string of the molecule is CNCC1Cc2ccccc2N(C(=O)OC(C)(C)C)C1.OCC1CNc2ccccc2C1. The van der Waals surface area contributed by atoms with Crippen molar-refractivity contribution in [3.05, 3.63) is 59.7 Å². The molecule has 2 unspecified atom stereocenters. The van der Waals surface area contributed by atoms with Gasteiger partial charge in [0, 0.05) is 31.3 Å². The summed E-state index contributed by atoms with van der Waals surface area (Å²) in [4.78, 5) is 14.2. The standard InChI is InChI=1S/C16H24N2O2.C10H13NO/c1-16(2,3)20-15(19)18-11-12(10-17-4)9-13-7-5-6-8-14(13)18;12-7-8-5-9-3-1-2-4-10(9)11-6-8/h5-8,12,17H,9-11H2,1-4H3;1-4,8,11-12H,5-7H2. The van der Waals surface area contributed by atoms with E-state index in [2.05, 4.69) is 28.8 Å². The Hall–Kier alpha value is -2.57. The number of fused-ring (bicyclic) bond motifs is 2. The highest BCUT2D eigenvalue weighted by Crippen LogP contribution is 2.30. The molecule has 0 radical (unpaired) electrons. The van der Waals surface area contributed by atoms with Crippen molar-refractivity contribution in [1.82, 2.24) is 5.32 Å². The van der Waals surface area contributed by atoms with Crippen LogP contribution in [0.4, 0.5) is 16.2 Å². The number of anilines is 2. The number of carbonyl (C=O) groups is 1. The largest absolute Gasteiger partial charge is 0.443 e. The number of nitrogens with zero attached hydrogens (tertiary/aromatic N) is 1. The third kappa shape index (κ3) is 6.47. The molecule has 2 heterocycles. The molecular formula is C26H37N3O3. The second-order valence-corrected chi connectivity index (χ2v) is 9.64. The van der Waals surface area contributed by atoms with Crippen LogP contribution in [0.15, 0.2) is 48.5 Å². The van der Waals surface area contributed by atoms with E-state index in [4.69, 9.17) is 9.84 Å². The Labute approximate surface area is 192 Å². The van der Waals surface area contributed by atoms with E-state index < -0.39 is 5.60 Å². The topological polar surface area (TPSA) is 73.8 Å². The van der Waals surface area contributed by atoms with Crippen molar-refractivity contribution < 1.29 is 14.6 Å². The predicted octanol–water partition coefficient (Wildman–Crippen LogP) is 4.08. The number of rotatable bonds is 3. The summed E-state index contributed by atoms with van der Waals surface area (Å²) in [5.74, 6) is 0.808. The third-order valence-electron chi connectivity index (χ3n) is 5.70. The molecule has 0 fully saturated rings. The van der Waals surface area contributed by atoms with Crippen LogP contribution in [0.25, 0.3) is 0 Å². The van der Waals surface area contributed by atoms with Gasteiger partial charge in [0.05, 0.1) is 5.69 Å². The third-order valence-corrected chi connectivity index (χ3v) is 5.70. The number of nitrogens with one attached hydrogen (secondary N) is 2. The summed E-state index contributed by atoms with van der Waals surface area (Å²) in [5.41, 5.74) is 4.27. The molecule has 32 heavy (non-hydrogen) atoms. The molecule has 2 aliphatic heterocycles. The molecule has 2 aromatic carbocycles. The lowest BCUT2D eigenvalue weighted by molar-refractivity contribution is 0.0571. The van der Waals surface area contributed by atoms with Gasteiger partial charge in [-0.1, -0.05) is 36.4 Å². The van der Waals surface area contributed by atoms with E-state index in [-0.39, 0.29) is 12.7 Å². The second kappa shape index (κ2) is 10.8. The van der Waals surface area contributed by atoms with Gasteiger partial charge >= 0.3 is 6.09 Å². The van der Waals surface area contributed by atoms with Gasteiger partial charge in [0.2, 0.25) is 0 Å². The lowest BCUT2D eigenvalue weighted by atomic mass is 9.92. The number of hydrogen-bond acceptors (Lipinski definition) is 5. The van der Waals surface area contributed by atoms with Crippen LogP contribution in [0, 0.1) is 11.8 Å². The van der Waals surface area contributed by atoms with Crippen LogP contribution in [-0.2, 0) is 17.6 Å². The molecule has 4 rings (SSSR count). The summed E-state index contributed by atoms with van der Waals surface area (Å²) in [5, 5.41) is 15.5. The Morgan fingerprint density at radius 1 is 1.09 bits per heavy atom. The minimum Gasteiger partial charge on any atom is -0.443 e. The fourth-order valence-electron chi connectivity index (χ4n) is 4.23. The molecule has 0 bridgehead atoms. The zero-order valence-corrected chi connectivity index (χ0v) is 19.7. The number of para-hydroxylation sites is 2. The van der Waals surface area contributed by atoms with Gasteiger partial charge in [-0.25, -0.2) is 4.79 Å². The Bertz CT molecular complexity index is 894. The first-order chi connectivity index (χ1) is 15.3. The van der Waals surface area contributed by atoms with Gasteiger partial charge in [0.15, 0.2) is 0 Å². The van der Waals surface area contributed by atoms with Crippen LogP contribution in [-0.4, -0.2) is 50.1 Å². The zero-order chi connectivity index (χ0) is 23.1. The summed E-state index contributed by atoms with van der Waals surface area (Å²) in [6.45, 7) is 8.46. The summed E-state index contributed by atoms with van der Waals surface area (Å²) in [6, 6.07) is 16.4. The van der Waals surface area contributed by atoms with Gasteiger partial charge in [-0.15, -0.1) is 0 Å². The first-order valence-corrected chi connectivity index (χ1v) is 11.5. The predicted molar refractivity (Wildman–Crippen MR) is 130 cm³/mol. The van der Waals surface area contributed by atoms with Crippen molar-refractivity contribution >= 4 is 17.5 Å². The smallest absolute Gasteiger partial charge is 0.414 e. The number of benzene rings is 2. The van der Waals surface area contributed by atoms with Crippen molar-refractivity contribution in [3.8, 4) is 0 Å². The highest BCUT2D eigenvalue weighted by atomic mass is 16.6. The first kappa shape index (κ1) is 24.1. The first-order valence-electron chi connectivity index (χ1n) is 11.5. The van der Waals surface area contributed by atoms with Crippen LogP contribution in [0.5, 0.6) is 0 Å². The minimum absolute atomic E-state index is 0.259. The lowest BCUT2D eigenvalue weighted by Crippen LogP contribution is -2.45. The van der Waals surface area contributed by atoms with E-state index in [1.807, 2.05) is 58.2 Å². The average molecular weight is 440 g/mol. The van der Waals surface area contributed by atoms with Gasteiger partial charge in [0.25, 0.3) is 0 Å². The van der Waals surface area contributed by atoms with E-state index in [9.17, 15) is 4.79 Å². The van der Waals surface area contributed by atoms with Crippen LogP contribution in [0.1, 0.15) is 31.9 Å². The number of ether oxygens (including phenoxy) is 1. The number of carbonyl (C=O) groups excluding carboxylic acids is 1. The van der Waals surface area contributed by atoms with Gasteiger partial charge in [-0.05, 0) is 76.4 Å². The van der Waals surface area contributed by atoms with Crippen molar-refractivity contribution in [1.29, 1.82) is 0 Å². The van der Waals surface area contributed by atoms with Crippen LogP contribution in [0.2, 0.25) is 0 Å². The Morgan fingerprint density at radius 2 is 1.75 bits per heavy atom. The number of aliphatic hydroxyl groups excluding tert-OH is 1. The quantitative estimate of drug-likeness (QED) is 0.672. The second-order valence-electron chi connectivity index (χ2n) is 9.64. The molecule has 2 aliphatic rings. The van der Waals surface area contributed by atoms with Crippen molar-refractivity contribution in [2.75, 3.05) is 43.5 Å². The number of aliphatic hydroxyl groups is 1. The minimum atomic E-state index is -0.470. The van der Waals surface area contributed by atoms with E-state index >= 15 is 0 Å². The highest BCUT2D eigenvalue weighted by molar-refractivity contribution is 5.89. The summed E-state index contributed by atoms with van der Waals surface area (Å²) >= 11 is 0. The fraction of sp³-hybridized carbons (Fsp3) is 0.500. The maximum absolute atomic E-state index is 12.4. The molecule has 3 N–H and O–H groups in total. The Kier molecular flexibility index (Phi) is 8.15. The molecule has 2 aromatic rings. The normalized spacial score (nSPS) is 19.6. The average Bonchev–Trinajstić information content (AvgIpc) is 2.77. The summed E-state index contributed by atoms with van der Waals surface area (Å²) in [6.07, 6.45) is 1.74. The van der Waals surface area contributed by atoms with Crippen molar-refractivity contribution in [2.24, 2.45) is 11.8 Å². The van der Waals surface area contributed by atoms with Gasteiger partial charge in [-0.2, -0.15) is 0 Å². The molecule has 2 atom stereocenters. The molecule has 0 saturated heterocycles. The van der Waals surface area contributed by atoms with Crippen LogP contribution >= 0.6 is 0 Å². The van der Waals surface area contributed by atoms with Crippen molar-refractivity contribution in [3.63, 3.8) is 0 Å². The number of hydrogen-bond donors (Lipinski definition) is 3. The lowest BCUT2D eigenvalue weighted by Gasteiger charge is -2.35. The van der Waals surface area contributed by atoms with E-state index in [1.54, 1.807) is 4.90 Å². The van der Waals surface area contributed by atoms with E-state index in [1.165, 1.54) is 16.8 Å². The monoisotopic (exact) mass is 439 g/mol. The molecule has 0 aromatic heterocycles. The van der Waals surface area contributed by atoms with E-state index in [0.717, 1.165) is 31.6 Å². The van der Waals surface area contributed by atoms with Gasteiger partial charge in [0.1, 0.15) is 5.60 Å². The van der Waals surface area contributed by atoms with Crippen molar-refractivity contribution in [2.45, 2.75) is 39.2 Å². The molecule has 174 valence electrons. The van der Waals surface area contributed by atoms with E-state index in [0.29, 0.717) is 18.4 Å². The maximum Gasteiger partial charge on any atom is 0.414 e. The fourth-order valence-corrected chi connectivity index (χ4v) is 4.23. The highest BCUT2D eigenvalue weighted by Gasteiger charge is 2.31. The van der Waals surface area contributed by atoms with Crippen LogP contribution < -0.4 is 15.5 Å². The summed E-state index contributed by atoms with van der Waals surface area (Å²) in [7, 11) is 1.94. The van der Waals surface area contributed by atoms with Gasteiger partial charge < -0.3 is 20.5 Å². The maximum atomic E-state index is 12.4. The molecule has 0 spiro atoms. The summed E-state index contributed by atoms with van der Waals surface area (Å²) < 4.78 is 5.53. The van der Waals surface area contributed by atoms with Crippen LogP contribution in [0.3, 0.4) is 0 Å². The Balaban J connectivity index is 0.000000204. The molecule has 0 saturated carbocycles. The number of amides is 1. The molecular weight excluding hydrogens is 402 g/mol. The molecule has 0 aliphatic carbocycles. The Morgan fingerprint density at radius 3 is 2.44 bits per heavy atom. The molecule has 1 amide bonds. The molecule has 6 nitrogen and oxygen atoms in total. The zero-order valence-electron chi connectivity index (χ0n) is 19.7. The van der Waals surface area contributed by atoms with Gasteiger partial charge in [-0.3, -0.25) is 4.90 Å².